The summed E-state index contributed by atoms with van der Waals surface area (Å²) in [6.45, 7) is 3.03. The number of ether oxygens (including phenoxy) is 1. The molecule has 1 aliphatic heterocycles. The van der Waals surface area contributed by atoms with Crippen LogP contribution in [0.5, 0.6) is 0 Å². The molecule has 5 heteroatoms. The lowest BCUT2D eigenvalue weighted by Gasteiger charge is -2.27. The maximum absolute atomic E-state index is 12.2. The maximum Gasteiger partial charge on any atom is 0.262 e. The number of thiophene rings is 1. The third kappa shape index (κ3) is 3.80. The second kappa shape index (κ2) is 6.71. The molecule has 2 unspecified atom stereocenters. The Morgan fingerprint density at radius 2 is 2.53 bits per heavy atom. The van der Waals surface area contributed by atoms with Gasteiger partial charge < -0.3 is 15.8 Å². The summed E-state index contributed by atoms with van der Waals surface area (Å²) in [6, 6.07) is 2.04. The van der Waals surface area contributed by atoms with E-state index >= 15 is 0 Å². The molecule has 0 aromatic carbocycles. The van der Waals surface area contributed by atoms with Gasteiger partial charge in [0.2, 0.25) is 0 Å². The highest BCUT2D eigenvalue weighted by molar-refractivity contribution is 7.12. The molecule has 0 bridgehead atoms. The Hall–Kier alpha value is -1.35. The first-order chi connectivity index (χ1) is 9.20. The molecule has 1 aromatic rings. The smallest absolute Gasteiger partial charge is 0.262 e. The van der Waals surface area contributed by atoms with Gasteiger partial charge in [-0.25, -0.2) is 0 Å². The quantitative estimate of drug-likeness (QED) is 0.803. The van der Waals surface area contributed by atoms with Crippen LogP contribution in [0, 0.1) is 11.8 Å². The lowest BCUT2D eigenvalue weighted by molar-refractivity contribution is 0.0137. The standard InChI is InChI=1S/C14H18N2O2S/c1-10-9-12(4-7-18-10)16-14(17)13-11(3-2-6-15)5-8-19-13/h5,8,10,12H,4,6-7,9,15H2,1H3,(H,16,17). The first kappa shape index (κ1) is 14.1. The fraction of sp³-hybridized carbons (Fsp3) is 0.500. The highest BCUT2D eigenvalue weighted by Crippen LogP contribution is 2.18. The third-order valence-corrected chi connectivity index (χ3v) is 3.93. The van der Waals surface area contributed by atoms with Crippen LogP contribution < -0.4 is 11.1 Å². The second-order valence-electron chi connectivity index (χ2n) is 4.55. The monoisotopic (exact) mass is 278 g/mol. The number of carbonyl (C=O) groups is 1. The van der Waals surface area contributed by atoms with Crippen molar-refractivity contribution in [3.63, 3.8) is 0 Å². The van der Waals surface area contributed by atoms with Crippen molar-refractivity contribution >= 4 is 17.2 Å². The zero-order chi connectivity index (χ0) is 13.7. The molecule has 0 radical (unpaired) electrons. The summed E-state index contributed by atoms with van der Waals surface area (Å²) in [5, 5.41) is 4.94. The van der Waals surface area contributed by atoms with Crippen LogP contribution in [0.25, 0.3) is 0 Å². The average Bonchev–Trinajstić information content (AvgIpc) is 2.84. The van der Waals surface area contributed by atoms with E-state index in [1.807, 2.05) is 18.4 Å². The molecule has 1 aliphatic rings. The third-order valence-electron chi connectivity index (χ3n) is 3.02. The molecule has 19 heavy (non-hydrogen) atoms. The summed E-state index contributed by atoms with van der Waals surface area (Å²) in [6.07, 6.45) is 1.94. The first-order valence-corrected chi connectivity index (χ1v) is 7.27. The van der Waals surface area contributed by atoms with Crippen molar-refractivity contribution in [2.24, 2.45) is 5.73 Å². The molecular formula is C14H18N2O2S. The van der Waals surface area contributed by atoms with E-state index in [0.717, 1.165) is 18.4 Å². The van der Waals surface area contributed by atoms with Gasteiger partial charge in [-0.3, -0.25) is 4.79 Å². The Bertz CT molecular complexity index is 501. The normalized spacial score (nSPS) is 22.4. The van der Waals surface area contributed by atoms with Crippen LogP contribution in [-0.2, 0) is 4.74 Å². The number of amides is 1. The van der Waals surface area contributed by atoms with Gasteiger partial charge in [0.15, 0.2) is 0 Å². The molecule has 0 spiro atoms. The van der Waals surface area contributed by atoms with Gasteiger partial charge in [0.25, 0.3) is 5.91 Å². The molecule has 1 saturated heterocycles. The van der Waals surface area contributed by atoms with Crippen LogP contribution in [-0.4, -0.2) is 31.2 Å². The van der Waals surface area contributed by atoms with Crippen molar-refractivity contribution in [2.45, 2.75) is 31.9 Å². The molecule has 1 aromatic heterocycles. The number of nitrogens with two attached hydrogens (primary N) is 1. The van der Waals surface area contributed by atoms with Gasteiger partial charge in [-0.2, -0.15) is 0 Å². The highest BCUT2D eigenvalue weighted by Gasteiger charge is 2.22. The summed E-state index contributed by atoms with van der Waals surface area (Å²) in [5.74, 6) is 5.66. The number of carbonyl (C=O) groups excluding carboxylic acids is 1. The van der Waals surface area contributed by atoms with E-state index in [1.165, 1.54) is 11.3 Å². The Morgan fingerprint density at radius 3 is 3.26 bits per heavy atom. The Morgan fingerprint density at radius 1 is 1.68 bits per heavy atom. The van der Waals surface area contributed by atoms with Gasteiger partial charge in [0, 0.05) is 18.2 Å². The van der Waals surface area contributed by atoms with E-state index in [2.05, 4.69) is 17.2 Å². The van der Waals surface area contributed by atoms with E-state index < -0.39 is 0 Å². The Labute approximate surface area is 117 Å². The first-order valence-electron chi connectivity index (χ1n) is 6.39. The molecule has 2 rings (SSSR count). The van der Waals surface area contributed by atoms with E-state index in [9.17, 15) is 4.79 Å². The fourth-order valence-corrected chi connectivity index (χ4v) is 2.86. The van der Waals surface area contributed by atoms with Crippen molar-refractivity contribution in [1.29, 1.82) is 0 Å². The molecule has 3 N–H and O–H groups in total. The molecule has 2 atom stereocenters. The maximum atomic E-state index is 12.2. The zero-order valence-electron chi connectivity index (χ0n) is 10.9. The lowest BCUT2D eigenvalue weighted by Crippen LogP contribution is -2.41. The van der Waals surface area contributed by atoms with Gasteiger partial charge in [-0.15, -0.1) is 11.3 Å². The van der Waals surface area contributed by atoms with Gasteiger partial charge in [0.05, 0.1) is 12.6 Å². The number of hydrogen-bond acceptors (Lipinski definition) is 4. The van der Waals surface area contributed by atoms with Crippen LogP contribution in [0.15, 0.2) is 11.4 Å². The minimum Gasteiger partial charge on any atom is -0.378 e. The molecule has 4 nitrogen and oxygen atoms in total. The summed E-state index contributed by atoms with van der Waals surface area (Å²) >= 11 is 1.41. The van der Waals surface area contributed by atoms with Crippen molar-refractivity contribution in [3.8, 4) is 11.8 Å². The van der Waals surface area contributed by atoms with Crippen LogP contribution >= 0.6 is 11.3 Å². The minimum absolute atomic E-state index is 0.0459. The fourth-order valence-electron chi connectivity index (χ4n) is 2.11. The topological polar surface area (TPSA) is 64.4 Å². The van der Waals surface area contributed by atoms with E-state index in [4.69, 9.17) is 10.5 Å². The van der Waals surface area contributed by atoms with Crippen molar-refractivity contribution in [1.82, 2.24) is 5.32 Å². The number of hydrogen-bond donors (Lipinski definition) is 2. The van der Waals surface area contributed by atoms with E-state index in [-0.39, 0.29) is 18.1 Å². The summed E-state index contributed by atoms with van der Waals surface area (Å²) in [7, 11) is 0. The molecule has 0 saturated carbocycles. The molecule has 1 fully saturated rings. The largest absolute Gasteiger partial charge is 0.378 e. The van der Waals surface area contributed by atoms with Gasteiger partial charge in [-0.05, 0) is 31.2 Å². The molecular weight excluding hydrogens is 260 g/mol. The second-order valence-corrected chi connectivity index (χ2v) is 5.46. The van der Waals surface area contributed by atoms with Gasteiger partial charge >= 0.3 is 0 Å². The number of nitrogens with one attached hydrogen (secondary N) is 1. The SMILES string of the molecule is CC1CC(NC(=O)c2sccc2C#CCN)CCO1. The van der Waals surface area contributed by atoms with Crippen LogP contribution in [0.3, 0.4) is 0 Å². The lowest BCUT2D eigenvalue weighted by atomic mass is 10.0. The van der Waals surface area contributed by atoms with Crippen LogP contribution in [0.1, 0.15) is 35.0 Å². The average molecular weight is 278 g/mol. The predicted molar refractivity (Wildman–Crippen MR) is 76.2 cm³/mol. The molecule has 1 amide bonds. The zero-order valence-corrected chi connectivity index (χ0v) is 11.8. The van der Waals surface area contributed by atoms with E-state index in [1.54, 1.807) is 0 Å². The Kier molecular flexibility index (Phi) is 4.97. The van der Waals surface area contributed by atoms with Gasteiger partial charge in [0.1, 0.15) is 4.88 Å². The van der Waals surface area contributed by atoms with Crippen LogP contribution in [0.4, 0.5) is 0 Å². The summed E-state index contributed by atoms with van der Waals surface area (Å²) in [5.41, 5.74) is 6.11. The van der Waals surface area contributed by atoms with Crippen molar-refractivity contribution < 1.29 is 9.53 Å². The van der Waals surface area contributed by atoms with Gasteiger partial charge in [-0.1, -0.05) is 11.8 Å². The van der Waals surface area contributed by atoms with E-state index in [0.29, 0.717) is 18.0 Å². The summed E-state index contributed by atoms with van der Waals surface area (Å²) < 4.78 is 5.47. The van der Waals surface area contributed by atoms with Crippen molar-refractivity contribution in [2.75, 3.05) is 13.2 Å². The molecule has 2 heterocycles. The highest BCUT2D eigenvalue weighted by atomic mass is 32.1. The number of rotatable bonds is 2. The van der Waals surface area contributed by atoms with Crippen molar-refractivity contribution in [3.05, 3.63) is 21.9 Å². The van der Waals surface area contributed by atoms with Crippen LogP contribution in [0.2, 0.25) is 0 Å². The minimum atomic E-state index is -0.0459. The molecule has 0 aliphatic carbocycles. The Balaban J connectivity index is 2.01. The summed E-state index contributed by atoms with van der Waals surface area (Å²) in [4.78, 5) is 12.9. The predicted octanol–water partition coefficient (Wildman–Crippen LogP) is 1.36. The molecule has 102 valence electrons.